The van der Waals surface area contributed by atoms with Crippen molar-refractivity contribution in [1.82, 2.24) is 0 Å². The van der Waals surface area contributed by atoms with E-state index in [9.17, 15) is 14.0 Å². The first-order chi connectivity index (χ1) is 12.3. The zero-order valence-corrected chi connectivity index (χ0v) is 15.7. The lowest BCUT2D eigenvalue weighted by Gasteiger charge is -2.10. The average molecular weight is 421 g/mol. The summed E-state index contributed by atoms with van der Waals surface area (Å²) in [5.74, 6) is -1.94. The van der Waals surface area contributed by atoms with Gasteiger partial charge < -0.3 is 14.8 Å². The van der Waals surface area contributed by atoms with Gasteiger partial charge in [-0.1, -0.05) is 40.9 Å². The maximum Gasteiger partial charge on any atom is 0.344 e. The van der Waals surface area contributed by atoms with Crippen LogP contribution in [0, 0.1) is 12.7 Å². The van der Waals surface area contributed by atoms with Crippen molar-refractivity contribution in [3.8, 4) is 5.75 Å². The number of halogens is 4. The number of anilines is 1. The summed E-state index contributed by atoms with van der Waals surface area (Å²) in [7, 11) is 0. The first-order valence-corrected chi connectivity index (χ1v) is 8.38. The lowest BCUT2D eigenvalue weighted by atomic mass is 10.2. The zero-order valence-electron chi connectivity index (χ0n) is 13.4. The van der Waals surface area contributed by atoms with Crippen LogP contribution in [0.15, 0.2) is 30.3 Å². The Morgan fingerprint density at radius 2 is 1.73 bits per heavy atom. The van der Waals surface area contributed by atoms with E-state index in [0.717, 1.165) is 0 Å². The van der Waals surface area contributed by atoms with Gasteiger partial charge in [0.15, 0.2) is 13.2 Å². The molecule has 0 saturated carbocycles. The fourth-order valence-electron chi connectivity index (χ4n) is 1.85. The van der Waals surface area contributed by atoms with E-state index in [1.165, 1.54) is 24.3 Å². The Morgan fingerprint density at radius 3 is 2.42 bits per heavy atom. The number of rotatable bonds is 6. The Morgan fingerprint density at radius 1 is 1.04 bits per heavy atom. The van der Waals surface area contributed by atoms with Crippen molar-refractivity contribution in [2.45, 2.75) is 6.92 Å². The number of carbonyl (C=O) groups excluding carboxylic acids is 2. The van der Waals surface area contributed by atoms with Crippen molar-refractivity contribution in [2.24, 2.45) is 0 Å². The minimum absolute atomic E-state index is 0.00418. The highest BCUT2D eigenvalue weighted by molar-refractivity contribution is 6.43. The van der Waals surface area contributed by atoms with Crippen LogP contribution in [0.4, 0.5) is 10.1 Å². The lowest BCUT2D eigenvalue weighted by molar-refractivity contribution is -0.149. The summed E-state index contributed by atoms with van der Waals surface area (Å²) in [4.78, 5) is 23.4. The average Bonchev–Trinajstić information content (AvgIpc) is 2.57. The Kier molecular flexibility index (Phi) is 7.08. The van der Waals surface area contributed by atoms with E-state index in [1.54, 1.807) is 13.0 Å². The molecular formula is C17H13Cl3FNO4. The molecular weight excluding hydrogens is 408 g/mol. The molecule has 0 bridgehead atoms. The van der Waals surface area contributed by atoms with E-state index in [0.29, 0.717) is 5.56 Å². The van der Waals surface area contributed by atoms with Crippen LogP contribution >= 0.6 is 34.8 Å². The number of aryl methyl sites for hydroxylation is 1. The predicted molar refractivity (Wildman–Crippen MR) is 97.7 cm³/mol. The van der Waals surface area contributed by atoms with Crippen LogP contribution in [-0.2, 0) is 14.3 Å². The maximum atomic E-state index is 13.6. The fraction of sp³-hybridized carbons (Fsp3) is 0.176. The molecule has 138 valence electrons. The minimum Gasteiger partial charge on any atom is -0.480 e. The highest BCUT2D eigenvalue weighted by atomic mass is 35.5. The van der Waals surface area contributed by atoms with Gasteiger partial charge in [-0.05, 0) is 30.7 Å². The molecule has 0 heterocycles. The van der Waals surface area contributed by atoms with Crippen LogP contribution in [0.5, 0.6) is 5.75 Å². The van der Waals surface area contributed by atoms with Gasteiger partial charge in [0.25, 0.3) is 5.91 Å². The fourth-order valence-corrected chi connectivity index (χ4v) is 2.44. The van der Waals surface area contributed by atoms with Crippen LogP contribution in [0.2, 0.25) is 15.1 Å². The number of benzene rings is 2. The van der Waals surface area contributed by atoms with Crippen molar-refractivity contribution in [1.29, 1.82) is 0 Å². The minimum atomic E-state index is -0.813. The predicted octanol–water partition coefficient (Wildman–Crippen LogP) is 4.66. The molecule has 1 N–H and O–H groups in total. The number of carbonyl (C=O) groups is 2. The molecule has 0 unspecified atom stereocenters. The normalized spacial score (nSPS) is 10.3. The monoisotopic (exact) mass is 419 g/mol. The highest BCUT2D eigenvalue weighted by Gasteiger charge is 2.13. The van der Waals surface area contributed by atoms with Crippen molar-refractivity contribution in [3.63, 3.8) is 0 Å². The van der Waals surface area contributed by atoms with Gasteiger partial charge in [-0.3, -0.25) is 4.79 Å². The topological polar surface area (TPSA) is 64.6 Å². The first-order valence-electron chi connectivity index (χ1n) is 7.25. The molecule has 0 aromatic heterocycles. The smallest absolute Gasteiger partial charge is 0.344 e. The Labute approximate surface area is 163 Å². The summed E-state index contributed by atoms with van der Waals surface area (Å²) >= 11 is 17.5. The van der Waals surface area contributed by atoms with Gasteiger partial charge in [0.1, 0.15) is 11.6 Å². The molecule has 0 radical (unpaired) electrons. The van der Waals surface area contributed by atoms with Crippen molar-refractivity contribution < 1.29 is 23.5 Å². The number of hydrogen-bond acceptors (Lipinski definition) is 4. The molecule has 5 nitrogen and oxygen atoms in total. The third-order valence-corrected chi connectivity index (χ3v) is 4.10. The second-order valence-electron chi connectivity index (χ2n) is 5.18. The van der Waals surface area contributed by atoms with Crippen molar-refractivity contribution in [3.05, 3.63) is 56.8 Å². The van der Waals surface area contributed by atoms with Gasteiger partial charge in [0, 0.05) is 6.07 Å². The summed E-state index contributed by atoms with van der Waals surface area (Å²) < 4.78 is 23.6. The second kappa shape index (κ2) is 9.07. The molecule has 0 aliphatic carbocycles. The van der Waals surface area contributed by atoms with Crippen LogP contribution in [0.25, 0.3) is 0 Å². The van der Waals surface area contributed by atoms with Crippen LogP contribution < -0.4 is 10.1 Å². The molecule has 0 saturated heterocycles. The lowest BCUT2D eigenvalue weighted by Crippen LogP contribution is -2.24. The van der Waals surface area contributed by atoms with Crippen LogP contribution in [-0.4, -0.2) is 25.1 Å². The first kappa shape index (κ1) is 20.3. The number of ether oxygens (including phenoxy) is 2. The largest absolute Gasteiger partial charge is 0.480 e. The van der Waals surface area contributed by atoms with E-state index in [2.05, 4.69) is 5.32 Å². The summed E-state index contributed by atoms with van der Waals surface area (Å²) in [5, 5.41) is 2.92. The molecule has 0 atom stereocenters. The summed E-state index contributed by atoms with van der Waals surface area (Å²) in [6.45, 7) is 0.630. The van der Waals surface area contributed by atoms with Gasteiger partial charge in [-0.15, -0.1) is 0 Å². The molecule has 0 aliphatic heterocycles. The summed E-state index contributed by atoms with van der Waals surface area (Å²) in [6.07, 6.45) is 0. The van der Waals surface area contributed by atoms with Crippen molar-refractivity contribution >= 4 is 52.4 Å². The molecule has 1 amide bonds. The van der Waals surface area contributed by atoms with Crippen molar-refractivity contribution in [2.75, 3.05) is 18.5 Å². The van der Waals surface area contributed by atoms with Gasteiger partial charge in [-0.25, -0.2) is 9.18 Å². The molecule has 0 spiro atoms. The summed E-state index contributed by atoms with van der Waals surface area (Å²) in [6, 6.07) is 7.05. The number of esters is 1. The SMILES string of the molecule is Cc1ccc(NC(=O)COC(=O)COc2cc(Cl)c(Cl)cc2Cl)c(F)c1. The number of nitrogens with one attached hydrogen (secondary N) is 1. The molecule has 26 heavy (non-hydrogen) atoms. The molecule has 0 fully saturated rings. The Hall–Kier alpha value is -2.02. The van der Waals surface area contributed by atoms with E-state index in [4.69, 9.17) is 44.3 Å². The highest BCUT2D eigenvalue weighted by Crippen LogP contribution is 2.33. The van der Waals surface area contributed by atoms with Crippen LogP contribution in [0.1, 0.15) is 5.56 Å². The number of amides is 1. The third-order valence-electron chi connectivity index (χ3n) is 3.08. The molecule has 2 rings (SSSR count). The maximum absolute atomic E-state index is 13.6. The molecule has 0 aliphatic rings. The standard InChI is InChI=1S/C17H13Cl3FNO4/c1-9-2-3-14(13(21)4-9)22-16(23)7-26-17(24)8-25-15-6-11(19)10(18)5-12(15)20/h2-6H,7-8H2,1H3,(H,22,23). The Bertz CT molecular complexity index is 845. The number of hydrogen-bond donors (Lipinski definition) is 1. The van der Waals surface area contributed by atoms with Gasteiger partial charge in [-0.2, -0.15) is 0 Å². The second-order valence-corrected chi connectivity index (χ2v) is 6.40. The molecule has 2 aromatic carbocycles. The van der Waals surface area contributed by atoms with Gasteiger partial charge >= 0.3 is 5.97 Å². The third kappa shape index (κ3) is 5.76. The molecule has 9 heteroatoms. The van der Waals surface area contributed by atoms with E-state index in [1.807, 2.05) is 0 Å². The van der Waals surface area contributed by atoms with Crippen LogP contribution in [0.3, 0.4) is 0 Å². The van der Waals surface area contributed by atoms with E-state index in [-0.39, 0.29) is 26.5 Å². The zero-order chi connectivity index (χ0) is 19.3. The molecule has 2 aromatic rings. The quantitative estimate of drug-likeness (QED) is 0.545. The van der Waals surface area contributed by atoms with E-state index >= 15 is 0 Å². The van der Waals surface area contributed by atoms with E-state index < -0.39 is 30.9 Å². The van der Waals surface area contributed by atoms with Gasteiger partial charge in [0.05, 0.1) is 20.8 Å². The Balaban J connectivity index is 1.81. The summed E-state index contributed by atoms with van der Waals surface area (Å²) in [5.41, 5.74) is 0.709. The van der Waals surface area contributed by atoms with Gasteiger partial charge in [0.2, 0.25) is 0 Å².